The Morgan fingerprint density at radius 3 is 1.11 bits per heavy atom. The molecule has 6 aromatic heterocycles. The van der Waals surface area contributed by atoms with Crippen molar-refractivity contribution in [1.29, 1.82) is 0 Å². The highest BCUT2D eigenvalue weighted by molar-refractivity contribution is 7.22. The third-order valence-corrected chi connectivity index (χ3v) is 20.1. The second-order valence-electron chi connectivity index (χ2n) is 23.9. The summed E-state index contributed by atoms with van der Waals surface area (Å²) in [5.41, 5.74) is 22.7. The van der Waals surface area contributed by atoms with E-state index in [0.717, 1.165) is 42.8 Å². The van der Waals surface area contributed by atoms with Crippen LogP contribution in [0.3, 0.4) is 0 Å². The molecule has 6 heterocycles. The smallest absolute Gasteiger partial charge is 0.236 e. The number of benzene rings is 10. The number of aryl methyl sites for hydroxylation is 7. The van der Waals surface area contributed by atoms with Gasteiger partial charge in [0.05, 0.1) is 75.5 Å². The molecular weight excluding hydrogens is 1150 g/mol. The molecule has 0 aliphatic heterocycles. The van der Waals surface area contributed by atoms with Gasteiger partial charge in [0.15, 0.2) is 33.1 Å². The zero-order chi connectivity index (χ0) is 61.2. The van der Waals surface area contributed by atoms with Gasteiger partial charge in [0.25, 0.3) is 17.5 Å². The number of hydrogen-bond acceptors (Lipinski definition) is 6. The van der Waals surface area contributed by atoms with Gasteiger partial charge in [-0.1, -0.05) is 146 Å². The predicted octanol–water partition coefficient (Wildman–Crippen LogP) is 18.4. The number of imidazole rings is 3. The highest BCUT2D eigenvalue weighted by Crippen LogP contribution is 2.40. The average molecular weight is 1220 g/mol. The van der Waals surface area contributed by atoms with Crippen molar-refractivity contribution in [3.8, 4) is 71.6 Å². The first-order valence-corrected chi connectivity index (χ1v) is 32.5. The van der Waals surface area contributed by atoms with Crippen LogP contribution in [0.25, 0.3) is 135 Å². The summed E-state index contributed by atoms with van der Waals surface area (Å²) < 4.78 is 17.7. The van der Waals surface area contributed by atoms with Crippen molar-refractivity contribution in [2.75, 3.05) is 0 Å². The van der Waals surface area contributed by atoms with Crippen LogP contribution in [0, 0.1) is 20.8 Å². The predicted molar refractivity (Wildman–Crippen MR) is 373 cm³/mol. The number of fused-ring (bicyclic) bond motifs is 6. The highest BCUT2D eigenvalue weighted by Gasteiger charge is 2.34. The van der Waals surface area contributed by atoms with E-state index in [1.807, 2.05) is 18.2 Å². The van der Waals surface area contributed by atoms with Gasteiger partial charge in [-0.25, -0.2) is 37.8 Å². The van der Waals surface area contributed by atoms with Crippen LogP contribution in [0.2, 0.25) is 0 Å². The number of aromatic nitrogens is 9. The van der Waals surface area contributed by atoms with Gasteiger partial charge in [-0.2, -0.15) is 4.57 Å². The quantitative estimate of drug-likeness (QED) is 0.149. The summed E-state index contributed by atoms with van der Waals surface area (Å²) in [5.74, 6) is 3.62. The van der Waals surface area contributed by atoms with Crippen LogP contribution in [0.1, 0.15) is 37.5 Å². The Bertz CT molecular complexity index is 5270. The molecule has 436 valence electrons. The van der Waals surface area contributed by atoms with Gasteiger partial charge in [0.1, 0.15) is 26.2 Å². The molecule has 0 saturated heterocycles. The molecule has 0 atom stereocenters. The molecule has 0 spiro atoms. The standard InChI is InChI=1S/C28H22N3S.C26H26N3S.C23H20N3S/c1-19-17-23-26(32-27(29-23)20-11-5-3-6-12-20)18-22(19)28-30(2)24-15-9-10-16-25(24)31(28)21-13-7-4-8-14-21;1-17-15-20-23(30-24(27-20)18-11-7-6-8-12-18)16-19(17)25-28(5)21-13-9-10-14-22(21)29(25)26(2,3)4;1-15-13-18-21(27-22(24-18)16-9-5-4-6-10-16)14-17(15)23-25(2)19-11-7-8-12-20(19)26(23)3/h3-18H,1-2H3;6-16H,1-5H3;4-14H,1-3H3/q3*+1. The Labute approximate surface area is 530 Å². The van der Waals surface area contributed by atoms with Crippen molar-refractivity contribution >= 4 is 97.8 Å². The molecule has 12 heteroatoms. The first-order chi connectivity index (χ1) is 43.2. The lowest BCUT2D eigenvalue weighted by Crippen LogP contribution is -2.33. The van der Waals surface area contributed by atoms with Gasteiger partial charge in [-0.15, -0.1) is 34.0 Å². The molecular formula is C77H68N9S3+3. The Morgan fingerprint density at radius 1 is 0.360 bits per heavy atom. The summed E-state index contributed by atoms with van der Waals surface area (Å²) in [4.78, 5) is 14.7. The van der Waals surface area contributed by atoms with E-state index in [0.29, 0.717) is 0 Å². The van der Waals surface area contributed by atoms with E-state index in [-0.39, 0.29) is 5.54 Å². The summed E-state index contributed by atoms with van der Waals surface area (Å²) in [6, 6.07) is 81.3. The van der Waals surface area contributed by atoms with E-state index in [4.69, 9.17) is 15.0 Å². The third kappa shape index (κ3) is 10.4. The Balaban J connectivity index is 0.000000117. The van der Waals surface area contributed by atoms with E-state index < -0.39 is 0 Å². The van der Waals surface area contributed by atoms with E-state index in [1.165, 1.54) is 109 Å². The molecule has 0 aliphatic carbocycles. The Hall–Kier alpha value is -9.72. The molecule has 0 unspecified atom stereocenters. The molecule has 10 aromatic carbocycles. The van der Waals surface area contributed by atoms with E-state index in [9.17, 15) is 0 Å². The lowest BCUT2D eigenvalue weighted by Gasteiger charge is -2.19. The van der Waals surface area contributed by atoms with E-state index >= 15 is 0 Å². The fourth-order valence-electron chi connectivity index (χ4n) is 12.7. The second-order valence-corrected chi connectivity index (χ2v) is 27.0. The van der Waals surface area contributed by atoms with Crippen molar-refractivity contribution in [2.24, 2.45) is 28.2 Å². The van der Waals surface area contributed by atoms with Crippen molar-refractivity contribution in [2.45, 2.75) is 47.1 Å². The summed E-state index contributed by atoms with van der Waals surface area (Å²) in [6.45, 7) is 13.4. The van der Waals surface area contributed by atoms with Crippen LogP contribution < -0.4 is 13.7 Å². The van der Waals surface area contributed by atoms with E-state index in [2.05, 4.69) is 309 Å². The molecule has 0 fully saturated rings. The minimum absolute atomic E-state index is 0.0412. The van der Waals surface area contributed by atoms with Crippen LogP contribution in [0.4, 0.5) is 0 Å². The van der Waals surface area contributed by atoms with Crippen molar-refractivity contribution in [3.05, 3.63) is 247 Å². The van der Waals surface area contributed by atoms with Gasteiger partial charge in [0.2, 0.25) is 0 Å². The average Bonchev–Trinajstić information content (AvgIpc) is 1.98. The van der Waals surface area contributed by atoms with Crippen LogP contribution in [0.15, 0.2) is 231 Å². The molecule has 16 rings (SSSR count). The molecule has 0 aliphatic rings. The van der Waals surface area contributed by atoms with Gasteiger partial charge < -0.3 is 0 Å². The highest BCUT2D eigenvalue weighted by atomic mass is 32.1. The molecule has 0 saturated carbocycles. The lowest BCUT2D eigenvalue weighted by molar-refractivity contribution is -0.634. The minimum Gasteiger partial charge on any atom is -0.236 e. The second kappa shape index (κ2) is 23.1. The zero-order valence-corrected chi connectivity index (χ0v) is 54.1. The number of rotatable bonds is 7. The Morgan fingerprint density at radius 2 is 0.685 bits per heavy atom. The summed E-state index contributed by atoms with van der Waals surface area (Å²) in [5, 5.41) is 3.21. The Kier molecular flexibility index (Phi) is 14.8. The van der Waals surface area contributed by atoms with Crippen molar-refractivity contribution in [3.63, 3.8) is 0 Å². The maximum atomic E-state index is 4.93. The molecule has 16 aromatic rings. The van der Waals surface area contributed by atoms with Gasteiger partial charge in [-0.3, -0.25) is 0 Å². The molecule has 0 amide bonds. The molecule has 0 N–H and O–H groups in total. The topological polar surface area (TPSA) is 65.1 Å². The van der Waals surface area contributed by atoms with Gasteiger partial charge in [-0.05, 0) is 143 Å². The third-order valence-electron chi connectivity index (χ3n) is 16.9. The first kappa shape index (κ1) is 57.0. The largest absolute Gasteiger partial charge is 0.295 e. The van der Waals surface area contributed by atoms with E-state index in [1.54, 1.807) is 34.0 Å². The number of nitrogens with zero attached hydrogens (tertiary/aromatic N) is 9. The minimum atomic E-state index is -0.0412. The monoisotopic (exact) mass is 1210 g/mol. The molecule has 0 bridgehead atoms. The maximum Gasteiger partial charge on any atom is 0.295 e. The molecule has 0 radical (unpaired) electrons. The fraction of sp³-hybridized carbons (Fsp3) is 0.143. The van der Waals surface area contributed by atoms with Gasteiger partial charge >= 0.3 is 0 Å². The number of hydrogen-bond donors (Lipinski definition) is 0. The normalized spacial score (nSPS) is 11.7. The van der Waals surface area contributed by atoms with Crippen LogP contribution in [-0.2, 0) is 33.7 Å². The zero-order valence-electron chi connectivity index (χ0n) is 51.7. The first-order valence-electron chi connectivity index (χ1n) is 30.1. The SMILES string of the molecule is Cc1cc2nc(-c3ccccc3)sc2cc1-c1n(-c2ccccc2)c2ccccc2[n+]1C.Cc1cc2nc(-c3ccccc3)sc2cc1-c1n(C(C)(C)C)c2ccccc2[n+]1C.Cc1cc2nc(-c3ccccc3)sc2cc1-c1n(C)c2ccccc2[n+]1C. The fourth-order valence-corrected chi connectivity index (χ4v) is 15.6. The summed E-state index contributed by atoms with van der Waals surface area (Å²) in [7, 11) is 8.61. The summed E-state index contributed by atoms with van der Waals surface area (Å²) in [6.07, 6.45) is 0. The molecule has 9 nitrogen and oxygen atoms in total. The van der Waals surface area contributed by atoms with Crippen molar-refractivity contribution in [1.82, 2.24) is 28.7 Å². The maximum absolute atomic E-state index is 4.93. The van der Waals surface area contributed by atoms with Crippen LogP contribution >= 0.6 is 34.0 Å². The summed E-state index contributed by atoms with van der Waals surface area (Å²) >= 11 is 5.27. The number of para-hydroxylation sites is 7. The number of thiazole rings is 3. The van der Waals surface area contributed by atoms with Crippen LogP contribution in [0.5, 0.6) is 0 Å². The molecule has 89 heavy (non-hydrogen) atoms. The van der Waals surface area contributed by atoms with Crippen LogP contribution in [-0.4, -0.2) is 28.7 Å². The van der Waals surface area contributed by atoms with Crippen molar-refractivity contribution < 1.29 is 13.7 Å². The van der Waals surface area contributed by atoms with Gasteiger partial charge in [0, 0.05) is 16.7 Å². The lowest BCUT2D eigenvalue weighted by atomic mass is 10.0.